The lowest BCUT2D eigenvalue weighted by molar-refractivity contribution is -0.114. The molecule has 152 valence electrons. The van der Waals surface area contributed by atoms with Gasteiger partial charge in [0.1, 0.15) is 12.3 Å². The van der Waals surface area contributed by atoms with Crippen LogP contribution in [-0.2, 0) is 11.2 Å². The second-order valence-corrected chi connectivity index (χ2v) is 6.15. The summed E-state index contributed by atoms with van der Waals surface area (Å²) in [4.78, 5) is 16.3. The minimum Gasteiger partial charge on any atom is -0.497 e. The number of anilines is 1. The molecule has 0 aliphatic carbocycles. The molecule has 0 fully saturated rings. The Morgan fingerprint density at radius 2 is 1.89 bits per heavy atom. The van der Waals surface area contributed by atoms with Crippen molar-refractivity contribution in [3.05, 3.63) is 59.1 Å². The minimum atomic E-state index is -0.170. The Balaban J connectivity index is 0.00000392. The van der Waals surface area contributed by atoms with Crippen molar-refractivity contribution >= 4 is 53.1 Å². The van der Waals surface area contributed by atoms with Crippen molar-refractivity contribution in [3.8, 4) is 5.75 Å². The van der Waals surface area contributed by atoms with Gasteiger partial charge in [-0.15, -0.1) is 24.0 Å². The number of nitrogens with one attached hydrogen (secondary N) is 3. The number of amides is 1. The van der Waals surface area contributed by atoms with Crippen molar-refractivity contribution < 1.29 is 9.53 Å². The molecular formula is C20H26ClIN4O2. The van der Waals surface area contributed by atoms with Gasteiger partial charge in [0, 0.05) is 23.8 Å². The average molecular weight is 517 g/mol. The fraction of sp³-hybridized carbons (Fsp3) is 0.300. The second-order valence-electron chi connectivity index (χ2n) is 5.74. The summed E-state index contributed by atoms with van der Waals surface area (Å²) >= 11 is 6.26. The van der Waals surface area contributed by atoms with Crippen LogP contribution in [0.15, 0.2) is 53.5 Å². The topological polar surface area (TPSA) is 74.8 Å². The SMILES string of the molecule is CCNC(=NCC(=O)Nc1ccccc1)NCCc1ccc(OC)cc1Cl.I. The van der Waals surface area contributed by atoms with Crippen molar-refractivity contribution in [3.63, 3.8) is 0 Å². The van der Waals surface area contributed by atoms with E-state index in [4.69, 9.17) is 16.3 Å². The van der Waals surface area contributed by atoms with Crippen LogP contribution in [0.2, 0.25) is 5.02 Å². The maximum atomic E-state index is 12.0. The van der Waals surface area contributed by atoms with Gasteiger partial charge in [0.15, 0.2) is 5.96 Å². The first-order valence-corrected chi connectivity index (χ1v) is 9.19. The summed E-state index contributed by atoms with van der Waals surface area (Å²) in [6, 6.07) is 14.9. The highest BCUT2D eigenvalue weighted by atomic mass is 127. The Kier molecular flexibility index (Phi) is 11.4. The van der Waals surface area contributed by atoms with Gasteiger partial charge in [-0.05, 0) is 43.2 Å². The van der Waals surface area contributed by atoms with Crippen LogP contribution in [0.5, 0.6) is 5.75 Å². The van der Waals surface area contributed by atoms with E-state index in [0.29, 0.717) is 24.1 Å². The molecular weight excluding hydrogens is 491 g/mol. The van der Waals surface area contributed by atoms with E-state index in [1.807, 2.05) is 49.4 Å². The summed E-state index contributed by atoms with van der Waals surface area (Å²) in [5.41, 5.74) is 1.77. The summed E-state index contributed by atoms with van der Waals surface area (Å²) < 4.78 is 5.15. The van der Waals surface area contributed by atoms with E-state index in [9.17, 15) is 4.79 Å². The van der Waals surface area contributed by atoms with Gasteiger partial charge in [-0.25, -0.2) is 4.99 Å². The van der Waals surface area contributed by atoms with E-state index in [1.165, 1.54) is 0 Å². The van der Waals surface area contributed by atoms with Gasteiger partial charge >= 0.3 is 0 Å². The molecule has 1 amide bonds. The van der Waals surface area contributed by atoms with Crippen molar-refractivity contribution in [1.82, 2.24) is 10.6 Å². The number of halogens is 2. The Morgan fingerprint density at radius 1 is 1.14 bits per heavy atom. The Morgan fingerprint density at radius 3 is 2.54 bits per heavy atom. The van der Waals surface area contributed by atoms with E-state index in [2.05, 4.69) is 20.9 Å². The van der Waals surface area contributed by atoms with E-state index >= 15 is 0 Å². The standard InChI is InChI=1S/C20H25ClN4O2.HI/c1-3-22-20(24-14-19(26)25-16-7-5-4-6-8-16)23-12-11-15-9-10-17(27-2)13-18(15)21;/h4-10,13H,3,11-12,14H2,1-2H3,(H,25,26)(H2,22,23,24);1H. The normalized spacial score (nSPS) is 10.6. The number of guanidine groups is 1. The lowest BCUT2D eigenvalue weighted by atomic mass is 10.1. The summed E-state index contributed by atoms with van der Waals surface area (Å²) in [5.74, 6) is 1.15. The van der Waals surface area contributed by atoms with Crippen LogP contribution in [0.25, 0.3) is 0 Å². The molecule has 2 aromatic carbocycles. The van der Waals surface area contributed by atoms with Gasteiger partial charge < -0.3 is 20.7 Å². The van der Waals surface area contributed by atoms with E-state index < -0.39 is 0 Å². The zero-order valence-electron chi connectivity index (χ0n) is 16.0. The lowest BCUT2D eigenvalue weighted by Crippen LogP contribution is -2.39. The van der Waals surface area contributed by atoms with Crippen molar-refractivity contribution in [2.24, 2.45) is 4.99 Å². The molecule has 0 spiro atoms. The number of rotatable bonds is 8. The lowest BCUT2D eigenvalue weighted by Gasteiger charge is -2.12. The van der Waals surface area contributed by atoms with Gasteiger partial charge in [-0.3, -0.25) is 4.79 Å². The number of hydrogen-bond acceptors (Lipinski definition) is 3. The molecule has 0 aliphatic rings. The third-order valence-electron chi connectivity index (χ3n) is 3.73. The fourth-order valence-electron chi connectivity index (χ4n) is 2.39. The number of nitrogens with zero attached hydrogens (tertiary/aromatic N) is 1. The minimum absolute atomic E-state index is 0. The largest absolute Gasteiger partial charge is 0.497 e. The fourth-order valence-corrected chi connectivity index (χ4v) is 2.65. The monoisotopic (exact) mass is 516 g/mol. The number of hydrogen-bond donors (Lipinski definition) is 3. The van der Waals surface area contributed by atoms with Gasteiger partial charge in [0.25, 0.3) is 0 Å². The maximum absolute atomic E-state index is 12.0. The zero-order chi connectivity index (χ0) is 19.5. The first-order valence-electron chi connectivity index (χ1n) is 8.82. The molecule has 2 aromatic rings. The molecule has 0 aromatic heterocycles. The second kappa shape index (κ2) is 13.2. The van der Waals surface area contributed by atoms with E-state index in [-0.39, 0.29) is 36.4 Å². The Hall–Kier alpha value is -2.00. The molecule has 0 saturated heterocycles. The molecule has 0 bridgehead atoms. The molecule has 0 aliphatic heterocycles. The van der Waals surface area contributed by atoms with Crippen LogP contribution in [0.3, 0.4) is 0 Å². The van der Waals surface area contributed by atoms with Crippen LogP contribution in [0.4, 0.5) is 5.69 Å². The predicted octanol–water partition coefficient (Wildman–Crippen LogP) is 3.70. The highest BCUT2D eigenvalue weighted by Gasteiger charge is 2.05. The van der Waals surface area contributed by atoms with Crippen LogP contribution in [-0.4, -0.2) is 38.6 Å². The molecule has 0 atom stereocenters. The number of carbonyl (C=O) groups is 1. The molecule has 2 rings (SSSR count). The van der Waals surface area contributed by atoms with Crippen LogP contribution >= 0.6 is 35.6 Å². The average Bonchev–Trinajstić information content (AvgIpc) is 2.68. The Labute approximate surface area is 188 Å². The van der Waals surface area contributed by atoms with Crippen molar-refractivity contribution in [1.29, 1.82) is 0 Å². The number of aliphatic imine (C=N–C) groups is 1. The summed E-state index contributed by atoms with van der Waals surface area (Å²) in [6.45, 7) is 3.35. The summed E-state index contributed by atoms with van der Waals surface area (Å²) in [6.07, 6.45) is 0.726. The molecule has 8 heteroatoms. The quantitative estimate of drug-likeness (QED) is 0.284. The maximum Gasteiger partial charge on any atom is 0.246 e. The van der Waals surface area contributed by atoms with Gasteiger partial charge in [-0.2, -0.15) is 0 Å². The molecule has 6 nitrogen and oxygen atoms in total. The van der Waals surface area contributed by atoms with Crippen molar-refractivity contribution in [2.75, 3.05) is 32.1 Å². The third-order valence-corrected chi connectivity index (χ3v) is 4.08. The predicted molar refractivity (Wildman–Crippen MR) is 126 cm³/mol. The first-order chi connectivity index (χ1) is 13.1. The van der Waals surface area contributed by atoms with Gasteiger partial charge in [0.2, 0.25) is 5.91 Å². The molecule has 0 radical (unpaired) electrons. The Bertz CT molecular complexity index is 772. The van der Waals surface area contributed by atoms with Crippen molar-refractivity contribution in [2.45, 2.75) is 13.3 Å². The number of carbonyl (C=O) groups excluding carboxylic acids is 1. The number of para-hydroxylation sites is 1. The molecule has 0 saturated carbocycles. The molecule has 28 heavy (non-hydrogen) atoms. The first kappa shape index (κ1) is 24.0. The van der Waals surface area contributed by atoms with Crippen LogP contribution < -0.4 is 20.7 Å². The molecule has 3 N–H and O–H groups in total. The van der Waals surface area contributed by atoms with Crippen LogP contribution in [0, 0.1) is 0 Å². The molecule has 0 unspecified atom stereocenters. The van der Waals surface area contributed by atoms with Gasteiger partial charge in [-0.1, -0.05) is 35.9 Å². The third kappa shape index (κ3) is 8.35. The number of ether oxygens (including phenoxy) is 1. The number of benzene rings is 2. The highest BCUT2D eigenvalue weighted by molar-refractivity contribution is 14.0. The zero-order valence-corrected chi connectivity index (χ0v) is 19.1. The summed E-state index contributed by atoms with van der Waals surface area (Å²) in [5, 5.41) is 9.82. The molecule has 0 heterocycles. The number of methoxy groups -OCH3 is 1. The highest BCUT2D eigenvalue weighted by Crippen LogP contribution is 2.22. The van der Waals surface area contributed by atoms with Gasteiger partial charge in [0.05, 0.1) is 7.11 Å². The van der Waals surface area contributed by atoms with E-state index in [0.717, 1.165) is 23.4 Å². The van der Waals surface area contributed by atoms with E-state index in [1.54, 1.807) is 13.2 Å². The van der Waals surface area contributed by atoms with Crippen LogP contribution in [0.1, 0.15) is 12.5 Å². The smallest absolute Gasteiger partial charge is 0.246 e. The summed E-state index contributed by atoms with van der Waals surface area (Å²) in [7, 11) is 1.61.